The van der Waals surface area contributed by atoms with Crippen molar-refractivity contribution in [3.8, 4) is 0 Å². The Morgan fingerprint density at radius 2 is 1.67 bits per heavy atom. The molecule has 0 aliphatic rings. The highest BCUT2D eigenvalue weighted by molar-refractivity contribution is 7.92. The van der Waals surface area contributed by atoms with Crippen LogP contribution >= 0.6 is 46.4 Å². The number of carbonyl (C=O) groups excluding carboxylic acids is 2. The molecule has 0 fully saturated rings. The molecular weight excluding hydrogens is 568 g/mol. The quantitative estimate of drug-likeness (QED) is 0.356. The molecule has 7 nitrogen and oxygen atoms in total. The molecule has 0 aliphatic heterocycles. The van der Waals surface area contributed by atoms with Crippen LogP contribution in [-0.2, 0) is 26.2 Å². The van der Waals surface area contributed by atoms with Crippen molar-refractivity contribution < 1.29 is 18.0 Å². The van der Waals surface area contributed by atoms with E-state index in [0.29, 0.717) is 22.0 Å². The third kappa shape index (κ3) is 7.89. The van der Waals surface area contributed by atoms with Crippen LogP contribution in [0.3, 0.4) is 0 Å². The largest absolute Gasteiger partial charge is 0.352 e. The van der Waals surface area contributed by atoms with Crippen LogP contribution in [0.4, 0.5) is 5.69 Å². The van der Waals surface area contributed by atoms with Crippen molar-refractivity contribution in [1.82, 2.24) is 10.2 Å². The molecule has 2 atom stereocenters. The Labute approximate surface area is 232 Å². The predicted octanol–water partition coefficient (Wildman–Crippen LogP) is 5.79. The summed E-state index contributed by atoms with van der Waals surface area (Å²) < 4.78 is 26.3. The van der Waals surface area contributed by atoms with Gasteiger partial charge in [0, 0.05) is 22.6 Å². The summed E-state index contributed by atoms with van der Waals surface area (Å²) in [6.45, 7) is 4.92. The fraction of sp³-hybridized carbons (Fsp3) is 0.417. The van der Waals surface area contributed by atoms with Gasteiger partial charge in [0.1, 0.15) is 12.6 Å². The van der Waals surface area contributed by atoms with E-state index < -0.39 is 28.5 Å². The molecule has 0 radical (unpaired) electrons. The van der Waals surface area contributed by atoms with Gasteiger partial charge >= 0.3 is 0 Å². The SMILES string of the molecule is CC[C@H](C(=O)N[C@@H](C)CC)N(Cc1ccc(Cl)cc1Cl)C(=O)CN(c1cccc(Cl)c1Cl)S(C)(=O)=O. The van der Waals surface area contributed by atoms with Crippen LogP contribution in [0.5, 0.6) is 0 Å². The van der Waals surface area contributed by atoms with Crippen molar-refractivity contribution in [2.45, 2.75) is 52.2 Å². The monoisotopic (exact) mass is 595 g/mol. The number of carbonyl (C=O) groups is 2. The molecule has 0 unspecified atom stereocenters. The lowest BCUT2D eigenvalue weighted by Crippen LogP contribution is -2.53. The molecule has 0 aromatic heterocycles. The van der Waals surface area contributed by atoms with E-state index >= 15 is 0 Å². The zero-order valence-electron chi connectivity index (χ0n) is 20.4. The van der Waals surface area contributed by atoms with Gasteiger partial charge in [0.15, 0.2) is 0 Å². The molecule has 0 saturated carbocycles. The fourth-order valence-electron chi connectivity index (χ4n) is 3.47. The second-order valence-electron chi connectivity index (χ2n) is 8.34. The van der Waals surface area contributed by atoms with E-state index in [1.54, 1.807) is 19.1 Å². The maximum atomic E-state index is 13.7. The number of amides is 2. The number of hydrogen-bond donors (Lipinski definition) is 1. The lowest BCUT2D eigenvalue weighted by Gasteiger charge is -2.33. The van der Waals surface area contributed by atoms with Crippen molar-refractivity contribution in [1.29, 1.82) is 0 Å². The number of nitrogens with zero attached hydrogens (tertiary/aromatic N) is 2. The summed E-state index contributed by atoms with van der Waals surface area (Å²) in [5.41, 5.74) is 0.609. The molecule has 1 N–H and O–H groups in total. The summed E-state index contributed by atoms with van der Waals surface area (Å²) in [5.74, 6) is -0.967. The Hall–Kier alpha value is -1.71. The number of halogens is 4. The van der Waals surface area contributed by atoms with Gasteiger partial charge in [-0.1, -0.05) is 72.4 Å². The highest BCUT2D eigenvalue weighted by Gasteiger charge is 2.33. The number of benzene rings is 2. The molecule has 12 heteroatoms. The molecule has 36 heavy (non-hydrogen) atoms. The second-order valence-corrected chi connectivity index (χ2v) is 11.9. The molecule has 2 rings (SSSR count). The van der Waals surface area contributed by atoms with Gasteiger partial charge in [0.25, 0.3) is 0 Å². The molecule has 2 aromatic carbocycles. The fourth-order valence-corrected chi connectivity index (χ4v) is 5.24. The van der Waals surface area contributed by atoms with Gasteiger partial charge in [0.2, 0.25) is 21.8 Å². The first-order valence-corrected chi connectivity index (χ1v) is 14.6. The lowest BCUT2D eigenvalue weighted by molar-refractivity contribution is -0.140. The maximum absolute atomic E-state index is 13.7. The van der Waals surface area contributed by atoms with Gasteiger partial charge in [-0.15, -0.1) is 0 Å². The van der Waals surface area contributed by atoms with Gasteiger partial charge in [-0.2, -0.15) is 0 Å². The van der Waals surface area contributed by atoms with Gasteiger partial charge in [-0.25, -0.2) is 8.42 Å². The van der Waals surface area contributed by atoms with E-state index in [2.05, 4.69) is 5.32 Å². The molecule has 0 saturated heterocycles. The molecule has 0 heterocycles. The minimum atomic E-state index is -3.95. The number of hydrogen-bond acceptors (Lipinski definition) is 4. The molecule has 0 spiro atoms. The Morgan fingerprint density at radius 3 is 2.22 bits per heavy atom. The average Bonchev–Trinajstić information content (AvgIpc) is 2.79. The molecule has 2 aromatic rings. The van der Waals surface area contributed by atoms with E-state index in [1.165, 1.54) is 29.2 Å². The van der Waals surface area contributed by atoms with Crippen LogP contribution in [0.25, 0.3) is 0 Å². The predicted molar refractivity (Wildman–Crippen MR) is 148 cm³/mol. The summed E-state index contributed by atoms with van der Waals surface area (Å²) in [6, 6.07) is 8.33. The van der Waals surface area contributed by atoms with Crippen LogP contribution in [0.2, 0.25) is 20.1 Å². The number of nitrogens with one attached hydrogen (secondary N) is 1. The Morgan fingerprint density at radius 1 is 1.00 bits per heavy atom. The van der Waals surface area contributed by atoms with E-state index in [4.69, 9.17) is 46.4 Å². The van der Waals surface area contributed by atoms with Crippen molar-refractivity contribution >= 4 is 73.9 Å². The number of anilines is 1. The molecule has 198 valence electrons. The van der Waals surface area contributed by atoms with Gasteiger partial charge in [-0.05, 0) is 49.6 Å². The first-order valence-electron chi connectivity index (χ1n) is 11.3. The third-order valence-electron chi connectivity index (χ3n) is 5.62. The van der Waals surface area contributed by atoms with Crippen molar-refractivity contribution in [3.63, 3.8) is 0 Å². The summed E-state index contributed by atoms with van der Waals surface area (Å²) in [7, 11) is -3.95. The summed E-state index contributed by atoms with van der Waals surface area (Å²) in [6.07, 6.45) is 1.95. The minimum absolute atomic E-state index is 0.00811. The van der Waals surface area contributed by atoms with Crippen LogP contribution in [0.15, 0.2) is 36.4 Å². The van der Waals surface area contributed by atoms with E-state index in [0.717, 1.165) is 10.6 Å². The Kier molecular flexibility index (Phi) is 11.2. The standard InChI is InChI=1S/C24H29Cl4N3O4S/c1-5-15(3)29-24(33)20(6-2)30(13-16-10-11-17(25)12-19(16)27)22(32)14-31(36(4,34)35)21-9-7-8-18(26)23(21)28/h7-12,15,20H,5-6,13-14H2,1-4H3,(H,29,33)/t15-,20+/m0/s1. The van der Waals surface area contributed by atoms with Gasteiger partial charge < -0.3 is 10.2 Å². The van der Waals surface area contributed by atoms with Crippen LogP contribution in [0.1, 0.15) is 39.2 Å². The van der Waals surface area contributed by atoms with Crippen LogP contribution < -0.4 is 9.62 Å². The summed E-state index contributed by atoms with van der Waals surface area (Å²) in [4.78, 5) is 28.2. The number of sulfonamides is 1. The highest BCUT2D eigenvalue weighted by Crippen LogP contribution is 2.34. The van der Waals surface area contributed by atoms with Crippen molar-refractivity contribution in [2.24, 2.45) is 0 Å². The molecule has 2 amide bonds. The van der Waals surface area contributed by atoms with E-state index in [9.17, 15) is 18.0 Å². The Balaban J connectivity index is 2.52. The zero-order valence-corrected chi connectivity index (χ0v) is 24.2. The number of rotatable bonds is 11. The lowest BCUT2D eigenvalue weighted by atomic mass is 10.1. The third-order valence-corrected chi connectivity index (χ3v) is 8.14. The smallest absolute Gasteiger partial charge is 0.244 e. The average molecular weight is 597 g/mol. The van der Waals surface area contributed by atoms with Crippen LogP contribution in [-0.4, -0.2) is 50.0 Å². The van der Waals surface area contributed by atoms with Crippen molar-refractivity contribution in [2.75, 3.05) is 17.1 Å². The van der Waals surface area contributed by atoms with Gasteiger partial charge in [0.05, 0.1) is 22.0 Å². The maximum Gasteiger partial charge on any atom is 0.244 e. The molecule has 0 bridgehead atoms. The zero-order chi connectivity index (χ0) is 27.2. The topological polar surface area (TPSA) is 86.8 Å². The minimum Gasteiger partial charge on any atom is -0.352 e. The highest BCUT2D eigenvalue weighted by atomic mass is 35.5. The Bertz CT molecular complexity index is 1210. The first-order chi connectivity index (χ1) is 16.8. The first kappa shape index (κ1) is 30.5. The second kappa shape index (κ2) is 13.2. The van der Waals surface area contributed by atoms with Gasteiger partial charge in [-0.3, -0.25) is 13.9 Å². The summed E-state index contributed by atoms with van der Waals surface area (Å²) in [5, 5.41) is 3.76. The van der Waals surface area contributed by atoms with Crippen LogP contribution in [0, 0.1) is 0 Å². The van der Waals surface area contributed by atoms with E-state index in [1.807, 2.05) is 13.8 Å². The molecular formula is C24H29Cl4N3O4S. The van der Waals surface area contributed by atoms with Crippen molar-refractivity contribution in [3.05, 3.63) is 62.1 Å². The normalized spacial score (nSPS) is 13.1. The molecule has 0 aliphatic carbocycles. The van der Waals surface area contributed by atoms with E-state index in [-0.39, 0.29) is 40.6 Å². The summed E-state index contributed by atoms with van der Waals surface area (Å²) >= 11 is 24.8.